The van der Waals surface area contributed by atoms with Crippen LogP contribution in [0.3, 0.4) is 0 Å². The first kappa shape index (κ1) is 26.6. The van der Waals surface area contributed by atoms with Crippen molar-refractivity contribution < 1.29 is 29.0 Å². The SMILES string of the molecule is CCc1cc(-c2nc(-c3cc(OC)nc(C4CCCC4)c3)no2)cc(C)c1OCC(O)CNC(=O)CO. The Balaban J connectivity index is 1.53. The van der Waals surface area contributed by atoms with Crippen LogP contribution in [0, 0.1) is 6.92 Å². The van der Waals surface area contributed by atoms with Gasteiger partial charge in [0.05, 0.1) is 7.11 Å². The van der Waals surface area contributed by atoms with Crippen LogP contribution in [0.4, 0.5) is 0 Å². The molecule has 10 heteroatoms. The van der Waals surface area contributed by atoms with Crippen LogP contribution in [0.2, 0.25) is 0 Å². The number of carbonyl (C=O) groups excluding carboxylic acids is 1. The third-order valence-electron chi connectivity index (χ3n) is 6.57. The molecule has 3 aromatic rings. The summed E-state index contributed by atoms with van der Waals surface area (Å²) in [4.78, 5) is 20.5. The van der Waals surface area contributed by atoms with Crippen LogP contribution in [0.15, 0.2) is 28.8 Å². The van der Waals surface area contributed by atoms with Gasteiger partial charge in [-0.15, -0.1) is 0 Å². The van der Waals surface area contributed by atoms with E-state index in [1.54, 1.807) is 7.11 Å². The summed E-state index contributed by atoms with van der Waals surface area (Å²) in [6.07, 6.45) is 4.45. The Bertz CT molecular complexity index is 1220. The molecule has 2 aromatic heterocycles. The van der Waals surface area contributed by atoms with Gasteiger partial charge in [-0.3, -0.25) is 4.79 Å². The summed E-state index contributed by atoms with van der Waals surface area (Å²) in [5.41, 5.74) is 4.36. The molecule has 1 amide bonds. The standard InChI is InChI=1S/C27H34N4O6/c1-4-17-10-20(9-16(2)25(17)36-15-21(33)13-28-23(34)14-32)27-30-26(31-37-27)19-11-22(18-7-5-6-8-18)29-24(12-19)35-3/h9-12,18,21,32-33H,4-8,13-15H2,1-3H3,(H,28,34). The second kappa shape index (κ2) is 12.2. The molecule has 10 nitrogen and oxygen atoms in total. The number of ether oxygens (including phenoxy) is 2. The lowest BCUT2D eigenvalue weighted by Crippen LogP contribution is -2.36. The van der Waals surface area contributed by atoms with E-state index in [-0.39, 0.29) is 13.2 Å². The molecule has 3 N–H and O–H groups in total. The van der Waals surface area contributed by atoms with Crippen molar-refractivity contribution in [2.75, 3.05) is 26.9 Å². The van der Waals surface area contributed by atoms with E-state index in [0.717, 1.165) is 40.8 Å². The van der Waals surface area contributed by atoms with Crippen LogP contribution >= 0.6 is 0 Å². The lowest BCUT2D eigenvalue weighted by Gasteiger charge is -2.17. The Morgan fingerprint density at radius 1 is 1.19 bits per heavy atom. The highest BCUT2D eigenvalue weighted by atomic mass is 16.5. The number of aliphatic hydroxyl groups is 2. The van der Waals surface area contributed by atoms with E-state index in [9.17, 15) is 9.90 Å². The number of hydrogen-bond donors (Lipinski definition) is 3. The zero-order valence-electron chi connectivity index (χ0n) is 21.5. The first-order chi connectivity index (χ1) is 17.9. The zero-order valence-corrected chi connectivity index (χ0v) is 21.5. The average molecular weight is 511 g/mol. The third kappa shape index (κ3) is 6.44. The highest BCUT2D eigenvalue weighted by molar-refractivity contribution is 5.76. The Kier molecular flexibility index (Phi) is 8.73. The molecule has 1 unspecified atom stereocenters. The van der Waals surface area contributed by atoms with Crippen molar-refractivity contribution in [3.05, 3.63) is 41.1 Å². The largest absolute Gasteiger partial charge is 0.490 e. The van der Waals surface area contributed by atoms with Crippen LogP contribution in [0.25, 0.3) is 22.8 Å². The number of rotatable bonds is 11. The second-order valence-electron chi connectivity index (χ2n) is 9.29. The molecule has 2 heterocycles. The minimum absolute atomic E-state index is 0.00317. The van der Waals surface area contributed by atoms with Crippen molar-refractivity contribution in [2.24, 2.45) is 0 Å². The fraction of sp³-hybridized carbons (Fsp3) is 0.481. The van der Waals surface area contributed by atoms with Crippen LogP contribution in [-0.2, 0) is 11.2 Å². The van der Waals surface area contributed by atoms with E-state index in [1.807, 2.05) is 38.1 Å². The molecule has 1 fully saturated rings. The van der Waals surface area contributed by atoms with Gasteiger partial charge in [0.25, 0.3) is 5.89 Å². The smallest absolute Gasteiger partial charge is 0.258 e. The average Bonchev–Trinajstić information content (AvgIpc) is 3.63. The van der Waals surface area contributed by atoms with Gasteiger partial charge < -0.3 is 29.5 Å². The van der Waals surface area contributed by atoms with Gasteiger partial charge in [-0.2, -0.15) is 4.98 Å². The van der Waals surface area contributed by atoms with E-state index in [0.29, 0.717) is 35.7 Å². The number of nitrogens with zero attached hydrogens (tertiary/aromatic N) is 3. The number of aromatic nitrogens is 3. The topological polar surface area (TPSA) is 140 Å². The molecule has 0 radical (unpaired) electrons. The van der Waals surface area contributed by atoms with Gasteiger partial charge in [-0.25, -0.2) is 4.98 Å². The summed E-state index contributed by atoms with van der Waals surface area (Å²) >= 11 is 0. The van der Waals surface area contributed by atoms with E-state index in [4.69, 9.17) is 19.1 Å². The Morgan fingerprint density at radius 3 is 2.68 bits per heavy atom. The minimum atomic E-state index is -0.913. The fourth-order valence-corrected chi connectivity index (χ4v) is 4.61. The van der Waals surface area contributed by atoms with Crippen LogP contribution in [0.1, 0.15) is 55.3 Å². The molecule has 4 rings (SSSR count). The summed E-state index contributed by atoms with van der Waals surface area (Å²) in [5, 5.41) is 25.5. The van der Waals surface area contributed by atoms with Crippen molar-refractivity contribution >= 4 is 5.91 Å². The summed E-state index contributed by atoms with van der Waals surface area (Å²) in [6, 6.07) is 7.70. The molecule has 1 aromatic carbocycles. The number of aryl methyl sites for hydroxylation is 2. The summed E-state index contributed by atoms with van der Waals surface area (Å²) in [7, 11) is 1.61. The van der Waals surface area contributed by atoms with Gasteiger partial charge in [0.15, 0.2) is 0 Å². The van der Waals surface area contributed by atoms with Crippen molar-refractivity contribution in [2.45, 2.75) is 58.0 Å². The summed E-state index contributed by atoms with van der Waals surface area (Å²) in [5.74, 6) is 1.94. The minimum Gasteiger partial charge on any atom is -0.490 e. The maximum atomic E-state index is 11.2. The summed E-state index contributed by atoms with van der Waals surface area (Å²) < 4.78 is 17.0. The van der Waals surface area contributed by atoms with Gasteiger partial charge in [0.1, 0.15) is 25.1 Å². The summed E-state index contributed by atoms with van der Waals surface area (Å²) in [6.45, 7) is 3.29. The van der Waals surface area contributed by atoms with Gasteiger partial charge in [0, 0.05) is 35.3 Å². The van der Waals surface area contributed by atoms with Crippen molar-refractivity contribution in [1.82, 2.24) is 20.4 Å². The molecular weight excluding hydrogens is 476 g/mol. The van der Waals surface area contributed by atoms with Gasteiger partial charge in [-0.05, 0) is 55.5 Å². The first-order valence-corrected chi connectivity index (χ1v) is 12.6. The van der Waals surface area contributed by atoms with Crippen molar-refractivity contribution in [3.8, 4) is 34.5 Å². The number of nitrogens with one attached hydrogen (secondary N) is 1. The molecule has 0 aliphatic heterocycles. The Morgan fingerprint density at radius 2 is 1.97 bits per heavy atom. The number of benzene rings is 1. The van der Waals surface area contributed by atoms with Gasteiger partial charge in [0.2, 0.25) is 17.6 Å². The van der Waals surface area contributed by atoms with E-state index < -0.39 is 18.6 Å². The molecule has 0 spiro atoms. The third-order valence-corrected chi connectivity index (χ3v) is 6.57. The maximum Gasteiger partial charge on any atom is 0.258 e. The molecule has 1 atom stereocenters. The molecular formula is C27H34N4O6. The van der Waals surface area contributed by atoms with Crippen molar-refractivity contribution in [1.29, 1.82) is 0 Å². The molecule has 37 heavy (non-hydrogen) atoms. The Labute approximate surface area is 216 Å². The zero-order chi connectivity index (χ0) is 26.4. The molecule has 0 saturated heterocycles. The predicted molar refractivity (Wildman–Crippen MR) is 136 cm³/mol. The van der Waals surface area contributed by atoms with Crippen LogP contribution in [0.5, 0.6) is 11.6 Å². The highest BCUT2D eigenvalue weighted by Crippen LogP contribution is 2.36. The Hall–Kier alpha value is -3.50. The molecule has 0 bridgehead atoms. The van der Waals surface area contributed by atoms with E-state index in [1.165, 1.54) is 12.8 Å². The number of pyridine rings is 1. The van der Waals surface area contributed by atoms with Crippen LogP contribution in [-0.4, -0.2) is 64.2 Å². The van der Waals surface area contributed by atoms with Crippen LogP contribution < -0.4 is 14.8 Å². The number of carbonyl (C=O) groups is 1. The highest BCUT2D eigenvalue weighted by Gasteiger charge is 2.22. The first-order valence-electron chi connectivity index (χ1n) is 12.6. The van der Waals surface area contributed by atoms with Gasteiger partial charge >= 0.3 is 0 Å². The molecule has 1 aliphatic rings. The monoisotopic (exact) mass is 510 g/mol. The lowest BCUT2D eigenvalue weighted by atomic mass is 10.0. The second-order valence-corrected chi connectivity index (χ2v) is 9.29. The number of amides is 1. The fourth-order valence-electron chi connectivity index (χ4n) is 4.61. The molecule has 1 saturated carbocycles. The lowest BCUT2D eigenvalue weighted by molar-refractivity contribution is -0.124. The number of methoxy groups -OCH3 is 1. The van der Waals surface area contributed by atoms with E-state index >= 15 is 0 Å². The van der Waals surface area contributed by atoms with Crippen molar-refractivity contribution in [3.63, 3.8) is 0 Å². The number of aliphatic hydroxyl groups excluding tert-OH is 2. The van der Waals surface area contributed by atoms with E-state index in [2.05, 4.69) is 20.4 Å². The normalized spacial score (nSPS) is 14.5. The molecule has 1 aliphatic carbocycles. The quantitative estimate of drug-likeness (QED) is 0.355. The van der Waals surface area contributed by atoms with Gasteiger partial charge in [-0.1, -0.05) is 24.9 Å². The molecule has 198 valence electrons. The maximum absolute atomic E-state index is 11.2. The number of hydrogen-bond acceptors (Lipinski definition) is 9. The predicted octanol–water partition coefficient (Wildman–Crippen LogP) is 3.18.